The van der Waals surface area contributed by atoms with Crippen molar-refractivity contribution in [2.24, 2.45) is 0 Å². The summed E-state index contributed by atoms with van der Waals surface area (Å²) in [6, 6.07) is 7.94. The number of rotatable bonds is 7. The maximum atomic E-state index is 11.7. The zero-order valence-electron chi connectivity index (χ0n) is 11.1. The van der Waals surface area contributed by atoms with Gasteiger partial charge >= 0.3 is 0 Å². The molecule has 3 N–H and O–H groups in total. The molecule has 1 aromatic carbocycles. The molecule has 0 fully saturated rings. The Morgan fingerprint density at radius 1 is 1.39 bits per heavy atom. The van der Waals surface area contributed by atoms with Gasteiger partial charge in [0.1, 0.15) is 0 Å². The van der Waals surface area contributed by atoms with Gasteiger partial charge in [0.25, 0.3) is 0 Å². The molecule has 0 aromatic heterocycles. The summed E-state index contributed by atoms with van der Waals surface area (Å²) >= 11 is 1.81. The molecule has 0 saturated carbocycles. The van der Waals surface area contributed by atoms with Crippen LogP contribution in [0, 0.1) is 0 Å². The van der Waals surface area contributed by atoms with Crippen LogP contribution in [-0.2, 0) is 11.2 Å². The molecule has 4 heteroatoms. The van der Waals surface area contributed by atoms with Crippen LogP contribution in [0.15, 0.2) is 24.3 Å². The predicted octanol–water partition coefficient (Wildman–Crippen LogP) is 2.46. The van der Waals surface area contributed by atoms with E-state index in [0.717, 1.165) is 29.8 Å². The molecule has 0 bridgehead atoms. The van der Waals surface area contributed by atoms with Gasteiger partial charge in [0.05, 0.1) is 0 Å². The number of nitrogens with two attached hydrogens (primary N) is 1. The van der Waals surface area contributed by atoms with Gasteiger partial charge in [-0.25, -0.2) is 0 Å². The van der Waals surface area contributed by atoms with Crippen LogP contribution in [-0.4, -0.2) is 24.0 Å². The van der Waals surface area contributed by atoms with Crippen LogP contribution in [0.1, 0.15) is 25.3 Å². The first-order valence-electron chi connectivity index (χ1n) is 6.24. The third kappa shape index (κ3) is 5.96. The number of aryl methyl sites for hydroxylation is 1. The van der Waals surface area contributed by atoms with E-state index in [1.807, 2.05) is 24.3 Å². The van der Waals surface area contributed by atoms with Gasteiger partial charge in [-0.1, -0.05) is 12.1 Å². The maximum absolute atomic E-state index is 11.7. The first-order valence-corrected chi connectivity index (χ1v) is 7.64. The van der Waals surface area contributed by atoms with E-state index in [1.165, 1.54) is 0 Å². The van der Waals surface area contributed by atoms with E-state index in [0.29, 0.717) is 6.42 Å². The highest BCUT2D eigenvalue weighted by Gasteiger charge is 2.07. The van der Waals surface area contributed by atoms with Crippen molar-refractivity contribution in [1.29, 1.82) is 0 Å². The molecule has 3 nitrogen and oxygen atoms in total. The molecule has 0 heterocycles. The van der Waals surface area contributed by atoms with Gasteiger partial charge in [-0.3, -0.25) is 4.79 Å². The van der Waals surface area contributed by atoms with Crippen molar-refractivity contribution in [3.05, 3.63) is 29.8 Å². The third-order valence-corrected chi connectivity index (χ3v) is 3.43. The minimum Gasteiger partial charge on any atom is -0.399 e. The van der Waals surface area contributed by atoms with Crippen molar-refractivity contribution in [3.63, 3.8) is 0 Å². The Balaban J connectivity index is 2.26. The summed E-state index contributed by atoms with van der Waals surface area (Å²) in [5.41, 5.74) is 7.52. The Bertz CT molecular complexity index is 365. The van der Waals surface area contributed by atoms with E-state index in [9.17, 15) is 4.79 Å². The number of amides is 1. The fraction of sp³-hybridized carbons (Fsp3) is 0.500. The molecule has 0 aliphatic heterocycles. The van der Waals surface area contributed by atoms with Crippen LogP contribution >= 0.6 is 11.8 Å². The molecule has 0 aliphatic carbocycles. The van der Waals surface area contributed by atoms with Crippen molar-refractivity contribution < 1.29 is 4.79 Å². The molecule has 0 spiro atoms. The van der Waals surface area contributed by atoms with Crippen LogP contribution in [0.5, 0.6) is 0 Å². The molecule has 1 unspecified atom stereocenters. The van der Waals surface area contributed by atoms with Gasteiger partial charge in [-0.15, -0.1) is 0 Å². The number of benzene rings is 1. The number of carbonyl (C=O) groups is 1. The smallest absolute Gasteiger partial charge is 0.220 e. The zero-order chi connectivity index (χ0) is 13.4. The SMILES string of the molecule is CSCCC(C)NC(=O)CCc1ccc(N)cc1. The number of hydrogen-bond acceptors (Lipinski definition) is 3. The fourth-order valence-corrected chi connectivity index (χ4v) is 2.25. The van der Waals surface area contributed by atoms with Crippen LogP contribution in [0.25, 0.3) is 0 Å². The van der Waals surface area contributed by atoms with Gasteiger partial charge in [-0.2, -0.15) is 11.8 Å². The minimum absolute atomic E-state index is 0.125. The highest BCUT2D eigenvalue weighted by atomic mass is 32.2. The lowest BCUT2D eigenvalue weighted by atomic mass is 10.1. The van der Waals surface area contributed by atoms with E-state index in [4.69, 9.17) is 5.73 Å². The van der Waals surface area contributed by atoms with Crippen molar-refractivity contribution >= 4 is 23.4 Å². The van der Waals surface area contributed by atoms with E-state index in [-0.39, 0.29) is 11.9 Å². The molecule has 100 valence electrons. The summed E-state index contributed by atoms with van der Waals surface area (Å²) in [6.45, 7) is 2.05. The van der Waals surface area contributed by atoms with E-state index >= 15 is 0 Å². The Hall–Kier alpha value is -1.16. The molecule has 1 amide bonds. The number of carbonyl (C=O) groups excluding carboxylic acids is 1. The van der Waals surface area contributed by atoms with E-state index < -0.39 is 0 Å². The van der Waals surface area contributed by atoms with Gasteiger partial charge < -0.3 is 11.1 Å². The third-order valence-electron chi connectivity index (χ3n) is 2.78. The Kier molecular flexibility index (Phi) is 6.65. The second kappa shape index (κ2) is 8.03. The predicted molar refractivity (Wildman–Crippen MR) is 79.8 cm³/mol. The van der Waals surface area contributed by atoms with Gasteiger partial charge in [0.15, 0.2) is 0 Å². The largest absolute Gasteiger partial charge is 0.399 e. The summed E-state index contributed by atoms with van der Waals surface area (Å²) in [5.74, 6) is 1.21. The topological polar surface area (TPSA) is 55.1 Å². The normalized spacial score (nSPS) is 12.1. The van der Waals surface area contributed by atoms with E-state index in [2.05, 4.69) is 18.5 Å². The minimum atomic E-state index is 0.125. The average Bonchev–Trinajstić information content (AvgIpc) is 2.35. The highest BCUT2D eigenvalue weighted by Crippen LogP contribution is 2.08. The number of nitrogen functional groups attached to an aromatic ring is 1. The Morgan fingerprint density at radius 2 is 2.06 bits per heavy atom. The van der Waals surface area contributed by atoms with Gasteiger partial charge in [0.2, 0.25) is 5.91 Å². The summed E-state index contributed by atoms with van der Waals surface area (Å²) in [6.07, 6.45) is 4.40. The maximum Gasteiger partial charge on any atom is 0.220 e. The van der Waals surface area contributed by atoms with Crippen molar-refractivity contribution in [2.45, 2.75) is 32.2 Å². The van der Waals surface area contributed by atoms with Gasteiger partial charge in [0, 0.05) is 18.2 Å². The monoisotopic (exact) mass is 266 g/mol. The molecule has 1 aromatic rings. The molecule has 0 aliphatic rings. The van der Waals surface area contributed by atoms with Gasteiger partial charge in [-0.05, 0) is 49.5 Å². The van der Waals surface area contributed by atoms with Crippen LogP contribution < -0.4 is 11.1 Å². The van der Waals surface area contributed by atoms with Crippen molar-refractivity contribution in [2.75, 3.05) is 17.7 Å². The Morgan fingerprint density at radius 3 is 2.67 bits per heavy atom. The highest BCUT2D eigenvalue weighted by molar-refractivity contribution is 7.98. The zero-order valence-corrected chi connectivity index (χ0v) is 11.9. The first-order chi connectivity index (χ1) is 8.61. The molecule has 1 rings (SSSR count). The molecule has 0 saturated heterocycles. The number of thioether (sulfide) groups is 1. The first kappa shape index (κ1) is 14.9. The second-order valence-electron chi connectivity index (χ2n) is 4.49. The lowest BCUT2D eigenvalue weighted by Gasteiger charge is -2.13. The lowest BCUT2D eigenvalue weighted by molar-refractivity contribution is -0.121. The number of anilines is 1. The molecule has 1 atom stereocenters. The standard InChI is InChI=1S/C14H22N2OS/c1-11(9-10-18-2)16-14(17)8-5-12-3-6-13(15)7-4-12/h3-4,6-7,11H,5,8-10,15H2,1-2H3,(H,16,17). The summed E-state index contributed by atoms with van der Waals surface area (Å²) in [7, 11) is 0. The van der Waals surface area contributed by atoms with E-state index in [1.54, 1.807) is 11.8 Å². The number of nitrogens with one attached hydrogen (secondary N) is 1. The second-order valence-corrected chi connectivity index (χ2v) is 5.48. The number of hydrogen-bond donors (Lipinski definition) is 2. The summed E-state index contributed by atoms with van der Waals surface area (Å²) in [5, 5.41) is 3.02. The summed E-state index contributed by atoms with van der Waals surface area (Å²) in [4.78, 5) is 11.7. The molecule has 18 heavy (non-hydrogen) atoms. The lowest BCUT2D eigenvalue weighted by Crippen LogP contribution is -2.33. The quantitative estimate of drug-likeness (QED) is 0.745. The Labute approximate surface area is 114 Å². The molecular formula is C14H22N2OS. The van der Waals surface area contributed by atoms with Crippen molar-refractivity contribution in [1.82, 2.24) is 5.32 Å². The average molecular weight is 266 g/mol. The molecular weight excluding hydrogens is 244 g/mol. The van der Waals surface area contributed by atoms with Crippen molar-refractivity contribution in [3.8, 4) is 0 Å². The van der Waals surface area contributed by atoms with Crippen LogP contribution in [0.2, 0.25) is 0 Å². The fourth-order valence-electron chi connectivity index (χ4n) is 1.66. The van der Waals surface area contributed by atoms with Crippen LogP contribution in [0.4, 0.5) is 5.69 Å². The molecule has 0 radical (unpaired) electrons. The van der Waals surface area contributed by atoms with Crippen LogP contribution in [0.3, 0.4) is 0 Å². The summed E-state index contributed by atoms with van der Waals surface area (Å²) < 4.78 is 0.